The van der Waals surface area contributed by atoms with Gasteiger partial charge in [-0.1, -0.05) is 13.8 Å². The summed E-state index contributed by atoms with van der Waals surface area (Å²) in [5, 5.41) is 13.8. The number of hydrogen-bond donors (Lipinski definition) is 3. The summed E-state index contributed by atoms with van der Waals surface area (Å²) < 4.78 is 92.6. The summed E-state index contributed by atoms with van der Waals surface area (Å²) in [4.78, 5) is 17.6. The van der Waals surface area contributed by atoms with Crippen LogP contribution in [-0.4, -0.2) is 118 Å². The van der Waals surface area contributed by atoms with Crippen LogP contribution in [0.15, 0.2) is 73.8 Å². The minimum absolute atomic E-state index is 0.0264. The summed E-state index contributed by atoms with van der Waals surface area (Å²) in [6.45, 7) is 10.1. The number of fused-ring (bicyclic) bond motifs is 2. The number of halogens is 4. The number of methoxy groups -OCH3 is 3. The topological polar surface area (TPSA) is 154 Å². The van der Waals surface area contributed by atoms with Gasteiger partial charge in [0.2, 0.25) is 0 Å². The molecule has 0 radical (unpaired) electrons. The van der Waals surface area contributed by atoms with Gasteiger partial charge in [-0.2, -0.15) is 10.2 Å². The standard InChI is InChI=1S/C49H54F4N10O5/c1-6-61(7-2)11-12-63-29-35(27-60-63)31-17-37-33(25-58-49(37)56-23-31)19-39-46(52)42(66-5)21-43(47(39)53)68-15-14-67-13-9-54-8-10-62-28-34(26-59-62)30-16-36-32(24-57-48(36)55-22-30)18-38-44(50)40(64-3)20-41(65-4)45(38)51/h16-17,20-29,54H,6-15,18-19H2,1-5H3,(H,55,57)(H,56,58). The third-order valence-corrected chi connectivity index (χ3v) is 12.0. The number of H-pyrrole nitrogens is 2. The van der Waals surface area contributed by atoms with Crippen molar-refractivity contribution >= 4 is 22.1 Å². The number of hydrogen-bond acceptors (Lipinski definition) is 11. The summed E-state index contributed by atoms with van der Waals surface area (Å²) >= 11 is 0. The molecule has 0 unspecified atom stereocenters. The molecule has 6 heterocycles. The summed E-state index contributed by atoms with van der Waals surface area (Å²) in [5.41, 5.74) is 5.47. The third kappa shape index (κ3) is 10.4. The molecule has 0 saturated carbocycles. The molecule has 0 aliphatic heterocycles. The first-order chi connectivity index (χ1) is 33.1. The molecule has 0 atom stereocenters. The van der Waals surface area contributed by atoms with Crippen molar-refractivity contribution in [1.82, 2.24) is 49.7 Å². The largest absolute Gasteiger partial charge is 0.494 e. The number of aromatic nitrogens is 8. The van der Waals surface area contributed by atoms with Gasteiger partial charge in [-0.3, -0.25) is 9.36 Å². The first kappa shape index (κ1) is 47.5. The first-order valence-corrected chi connectivity index (χ1v) is 22.4. The second-order valence-corrected chi connectivity index (χ2v) is 16.0. The van der Waals surface area contributed by atoms with E-state index in [-0.39, 0.29) is 60.2 Å². The molecule has 8 rings (SSSR count). The third-order valence-electron chi connectivity index (χ3n) is 12.0. The number of rotatable bonds is 24. The molecular weight excluding hydrogens is 885 g/mol. The highest BCUT2D eigenvalue weighted by Crippen LogP contribution is 2.36. The summed E-state index contributed by atoms with van der Waals surface area (Å²) in [6, 6.07) is 6.26. The van der Waals surface area contributed by atoms with E-state index in [0.29, 0.717) is 54.0 Å². The van der Waals surface area contributed by atoms with Crippen LogP contribution in [0.25, 0.3) is 44.3 Å². The number of nitrogens with one attached hydrogen (secondary N) is 3. The van der Waals surface area contributed by atoms with Crippen molar-refractivity contribution in [1.29, 1.82) is 0 Å². The summed E-state index contributed by atoms with van der Waals surface area (Å²) in [7, 11) is 3.95. The van der Waals surface area contributed by atoms with E-state index in [2.05, 4.69) is 54.2 Å². The van der Waals surface area contributed by atoms with Crippen molar-refractivity contribution in [3.05, 3.63) is 119 Å². The average Bonchev–Trinajstić information content (AvgIpc) is 4.19. The molecule has 68 heavy (non-hydrogen) atoms. The van der Waals surface area contributed by atoms with Crippen LogP contribution in [0.2, 0.25) is 0 Å². The van der Waals surface area contributed by atoms with Crippen LogP contribution in [0, 0.1) is 23.3 Å². The Hall–Kier alpha value is -6.96. The van der Waals surface area contributed by atoms with Crippen LogP contribution >= 0.6 is 0 Å². The molecule has 19 heteroatoms. The molecule has 0 amide bonds. The number of aromatic amines is 2. The normalized spacial score (nSPS) is 11.7. The number of nitrogens with zero attached hydrogens (tertiary/aromatic N) is 7. The van der Waals surface area contributed by atoms with Crippen LogP contribution in [0.3, 0.4) is 0 Å². The molecule has 0 saturated heterocycles. The summed E-state index contributed by atoms with van der Waals surface area (Å²) in [5.74, 6) is -3.69. The van der Waals surface area contributed by atoms with Crippen LogP contribution in [0.1, 0.15) is 36.1 Å². The van der Waals surface area contributed by atoms with Gasteiger partial charge in [0.25, 0.3) is 0 Å². The van der Waals surface area contributed by atoms with E-state index in [0.717, 1.165) is 53.8 Å². The Labute approximate surface area is 390 Å². The number of pyridine rings is 2. The van der Waals surface area contributed by atoms with Gasteiger partial charge in [0, 0.05) is 126 Å². The van der Waals surface area contributed by atoms with E-state index in [9.17, 15) is 0 Å². The Balaban J connectivity index is 0.806. The van der Waals surface area contributed by atoms with Crippen LogP contribution in [0.4, 0.5) is 17.6 Å². The van der Waals surface area contributed by atoms with Crippen molar-refractivity contribution in [2.24, 2.45) is 0 Å². The number of benzene rings is 2. The quantitative estimate of drug-likeness (QED) is 0.0400. The van der Waals surface area contributed by atoms with Crippen molar-refractivity contribution in [2.75, 3.05) is 73.9 Å². The minimum Gasteiger partial charge on any atom is -0.494 e. The van der Waals surface area contributed by atoms with E-state index in [1.54, 1.807) is 41.9 Å². The molecule has 0 fully saturated rings. The van der Waals surface area contributed by atoms with Crippen molar-refractivity contribution in [3.8, 4) is 45.3 Å². The lowest BCUT2D eigenvalue weighted by Gasteiger charge is -2.17. The fraction of sp³-hybridized carbons (Fsp3) is 0.347. The van der Waals surface area contributed by atoms with E-state index < -0.39 is 23.3 Å². The van der Waals surface area contributed by atoms with Crippen LogP contribution < -0.4 is 24.3 Å². The van der Waals surface area contributed by atoms with Gasteiger partial charge in [-0.15, -0.1) is 0 Å². The van der Waals surface area contributed by atoms with Gasteiger partial charge >= 0.3 is 0 Å². The molecule has 8 aromatic rings. The highest BCUT2D eigenvalue weighted by atomic mass is 19.1. The SMILES string of the molecule is CCN(CC)CCn1cc(-c2cnc3[nH]cc(Cc4c(F)c(OC)cc(OCCOCCNCCn5cc(-c6cnc7[nH]cc(Cc8c(F)c(OC)cc(OC)c8F)c7c6)cn5)c4F)c3c2)cn1. The van der Waals surface area contributed by atoms with Gasteiger partial charge < -0.3 is 43.9 Å². The first-order valence-electron chi connectivity index (χ1n) is 22.4. The molecule has 2 aromatic carbocycles. The molecule has 3 N–H and O–H groups in total. The lowest BCUT2D eigenvalue weighted by Crippen LogP contribution is -2.27. The molecule has 0 aliphatic rings. The Morgan fingerprint density at radius 2 is 1.09 bits per heavy atom. The zero-order valence-corrected chi connectivity index (χ0v) is 38.6. The molecule has 15 nitrogen and oxygen atoms in total. The van der Waals surface area contributed by atoms with Crippen molar-refractivity contribution in [2.45, 2.75) is 39.8 Å². The van der Waals surface area contributed by atoms with Gasteiger partial charge in [-0.05, 0) is 36.3 Å². The van der Waals surface area contributed by atoms with Crippen LogP contribution in [0.5, 0.6) is 23.0 Å². The number of likely N-dealkylation sites (N-methyl/N-ethyl adjacent to an activating group) is 1. The second kappa shape index (κ2) is 21.8. The van der Waals surface area contributed by atoms with E-state index in [1.807, 2.05) is 29.2 Å². The van der Waals surface area contributed by atoms with Gasteiger partial charge in [0.05, 0.1) is 60.0 Å². The van der Waals surface area contributed by atoms with Crippen molar-refractivity contribution < 1.29 is 41.2 Å². The predicted octanol–water partition coefficient (Wildman–Crippen LogP) is 7.96. The fourth-order valence-corrected chi connectivity index (χ4v) is 8.07. The van der Waals surface area contributed by atoms with Crippen molar-refractivity contribution in [3.63, 3.8) is 0 Å². The maximum absolute atomic E-state index is 16.0. The maximum atomic E-state index is 16.0. The smallest absolute Gasteiger partial charge is 0.171 e. The summed E-state index contributed by atoms with van der Waals surface area (Å²) in [6.07, 6.45) is 14.1. The number of ether oxygens (including phenoxy) is 5. The molecule has 0 spiro atoms. The zero-order valence-electron chi connectivity index (χ0n) is 38.6. The van der Waals surface area contributed by atoms with Gasteiger partial charge in [0.15, 0.2) is 46.3 Å². The molecule has 6 aromatic heterocycles. The second-order valence-electron chi connectivity index (χ2n) is 16.0. The highest BCUT2D eigenvalue weighted by Gasteiger charge is 2.24. The van der Waals surface area contributed by atoms with Crippen LogP contribution in [-0.2, 0) is 30.7 Å². The Kier molecular flexibility index (Phi) is 15.2. The lowest BCUT2D eigenvalue weighted by atomic mass is 10.0. The Bertz CT molecular complexity index is 2950. The monoisotopic (exact) mass is 938 g/mol. The fourth-order valence-electron chi connectivity index (χ4n) is 8.07. The van der Waals surface area contributed by atoms with E-state index >= 15 is 17.6 Å². The Morgan fingerprint density at radius 1 is 0.588 bits per heavy atom. The Morgan fingerprint density at radius 3 is 1.60 bits per heavy atom. The molecular formula is C49H54F4N10O5. The zero-order chi connectivity index (χ0) is 47.7. The van der Waals surface area contributed by atoms with E-state index in [4.69, 9.17) is 23.7 Å². The molecule has 0 bridgehead atoms. The highest BCUT2D eigenvalue weighted by molar-refractivity contribution is 5.86. The molecule has 0 aliphatic carbocycles. The van der Waals surface area contributed by atoms with Gasteiger partial charge in [0.1, 0.15) is 17.9 Å². The lowest BCUT2D eigenvalue weighted by molar-refractivity contribution is 0.0999. The van der Waals surface area contributed by atoms with E-state index in [1.165, 1.54) is 33.5 Å². The maximum Gasteiger partial charge on any atom is 0.171 e. The average molecular weight is 939 g/mol. The molecule has 358 valence electrons. The van der Waals surface area contributed by atoms with Gasteiger partial charge in [-0.25, -0.2) is 27.5 Å². The minimum atomic E-state index is -0.815. The predicted molar refractivity (Wildman–Crippen MR) is 250 cm³/mol.